The van der Waals surface area contributed by atoms with E-state index in [0.29, 0.717) is 40.8 Å². The third-order valence-electron chi connectivity index (χ3n) is 6.41. The first kappa shape index (κ1) is 24.4. The van der Waals surface area contributed by atoms with Gasteiger partial charge in [-0.25, -0.2) is 0 Å². The molecule has 1 fully saturated rings. The van der Waals surface area contributed by atoms with Crippen LogP contribution >= 0.6 is 12.2 Å². The van der Waals surface area contributed by atoms with E-state index in [1.165, 1.54) is 0 Å². The minimum Gasteiger partial charge on any atom is -0.497 e. The van der Waals surface area contributed by atoms with E-state index in [9.17, 15) is 4.79 Å². The van der Waals surface area contributed by atoms with Gasteiger partial charge in [0.15, 0.2) is 16.6 Å². The number of ether oxygens (including phenoxy) is 4. The van der Waals surface area contributed by atoms with E-state index in [2.05, 4.69) is 15.2 Å². The fraction of sp³-hybridized carbons (Fsp3) is 0.385. The number of hydrogen-bond acceptors (Lipinski definition) is 7. The van der Waals surface area contributed by atoms with Crippen molar-refractivity contribution in [3.8, 4) is 17.2 Å². The molecular formula is C26H30N4O5S. The molecule has 0 amide bonds. The number of fused-ring (bicyclic) bond motifs is 2. The van der Waals surface area contributed by atoms with E-state index in [-0.39, 0.29) is 12.4 Å². The van der Waals surface area contributed by atoms with Crippen molar-refractivity contribution in [2.75, 3.05) is 58.6 Å². The van der Waals surface area contributed by atoms with Gasteiger partial charge in [0.1, 0.15) is 5.75 Å². The molecule has 9 nitrogen and oxygen atoms in total. The number of morpholine rings is 1. The van der Waals surface area contributed by atoms with Gasteiger partial charge in [-0.1, -0.05) is 0 Å². The number of nitrogens with one attached hydrogen (secondary N) is 2. The molecule has 5 rings (SSSR count). The Bertz CT molecular complexity index is 1270. The van der Waals surface area contributed by atoms with Crippen LogP contribution in [0.25, 0.3) is 10.9 Å². The van der Waals surface area contributed by atoms with Crippen molar-refractivity contribution in [3.63, 3.8) is 0 Å². The summed E-state index contributed by atoms with van der Waals surface area (Å²) in [6.07, 6.45) is 0.911. The molecule has 3 aromatic rings. The summed E-state index contributed by atoms with van der Waals surface area (Å²) < 4.78 is 21.7. The van der Waals surface area contributed by atoms with Crippen molar-refractivity contribution in [1.82, 2.24) is 14.8 Å². The number of H-pyrrole nitrogens is 1. The van der Waals surface area contributed by atoms with Crippen LogP contribution < -0.4 is 25.1 Å². The van der Waals surface area contributed by atoms with Crippen molar-refractivity contribution < 1.29 is 18.9 Å². The second kappa shape index (κ2) is 11.2. The average Bonchev–Trinajstić information content (AvgIpc) is 3.35. The normalized spacial score (nSPS) is 15.1. The fourth-order valence-electron chi connectivity index (χ4n) is 4.40. The van der Waals surface area contributed by atoms with Gasteiger partial charge in [0, 0.05) is 48.9 Å². The molecule has 2 aliphatic heterocycles. The summed E-state index contributed by atoms with van der Waals surface area (Å²) in [7, 11) is 1.64. The predicted octanol–water partition coefficient (Wildman–Crippen LogP) is 3.19. The second-order valence-corrected chi connectivity index (χ2v) is 9.19. The summed E-state index contributed by atoms with van der Waals surface area (Å²) in [6.45, 7) is 5.64. The lowest BCUT2D eigenvalue weighted by atomic mass is 10.1. The van der Waals surface area contributed by atoms with Gasteiger partial charge < -0.3 is 34.1 Å². The lowest BCUT2D eigenvalue weighted by Crippen LogP contribution is -2.40. The zero-order valence-electron chi connectivity index (χ0n) is 20.2. The maximum Gasteiger partial charge on any atom is 0.253 e. The number of benzene rings is 2. The number of aromatic amines is 1. The molecule has 3 heterocycles. The standard InChI is InChI=1S/C26H30N4O5S/c1-32-21-5-3-20(4-6-21)27-26(36)30(8-2-7-29-9-11-33-12-10-29)16-19-13-18-14-23-24(35-17-34-23)15-22(18)28-25(19)31/h3-6,13-15H,2,7-12,16-17H2,1H3,(H,27,36)(H,28,31). The number of aromatic nitrogens is 1. The third kappa shape index (κ3) is 5.72. The number of thiocarbonyl (C=S) groups is 1. The van der Waals surface area contributed by atoms with Crippen molar-refractivity contribution in [2.24, 2.45) is 0 Å². The Labute approximate surface area is 214 Å². The van der Waals surface area contributed by atoms with Crippen molar-refractivity contribution >= 4 is 33.9 Å². The van der Waals surface area contributed by atoms with Crippen LogP contribution in [-0.2, 0) is 11.3 Å². The fourth-order valence-corrected chi connectivity index (χ4v) is 4.68. The van der Waals surface area contributed by atoms with Gasteiger partial charge in [0.2, 0.25) is 6.79 Å². The van der Waals surface area contributed by atoms with Crippen molar-refractivity contribution in [2.45, 2.75) is 13.0 Å². The summed E-state index contributed by atoms with van der Waals surface area (Å²) in [5.74, 6) is 2.09. The van der Waals surface area contributed by atoms with Crippen LogP contribution in [0.3, 0.4) is 0 Å². The Hall–Kier alpha value is -3.34. The first-order chi connectivity index (χ1) is 17.6. The predicted molar refractivity (Wildman–Crippen MR) is 142 cm³/mol. The molecule has 2 aliphatic rings. The highest BCUT2D eigenvalue weighted by molar-refractivity contribution is 7.80. The minimum absolute atomic E-state index is 0.146. The Morgan fingerprint density at radius 1 is 1.14 bits per heavy atom. The van der Waals surface area contributed by atoms with Gasteiger partial charge in [-0.2, -0.15) is 0 Å². The zero-order valence-corrected chi connectivity index (χ0v) is 21.1. The number of anilines is 1. The molecule has 2 aromatic carbocycles. The van der Waals surface area contributed by atoms with Crippen LogP contribution in [-0.4, -0.2) is 73.2 Å². The minimum atomic E-state index is -0.146. The highest BCUT2D eigenvalue weighted by atomic mass is 32.1. The molecule has 0 atom stereocenters. The molecule has 0 saturated carbocycles. The van der Waals surface area contributed by atoms with Crippen LogP contribution in [0, 0.1) is 0 Å². The topological polar surface area (TPSA) is 88.3 Å². The van der Waals surface area contributed by atoms with Crippen LogP contribution in [0.5, 0.6) is 17.2 Å². The molecule has 0 bridgehead atoms. The Morgan fingerprint density at radius 2 is 1.89 bits per heavy atom. The summed E-state index contributed by atoms with van der Waals surface area (Å²) in [6, 6.07) is 13.2. The first-order valence-corrected chi connectivity index (χ1v) is 12.5. The third-order valence-corrected chi connectivity index (χ3v) is 6.77. The maximum absolute atomic E-state index is 13.0. The van der Waals surface area contributed by atoms with Gasteiger partial charge in [-0.15, -0.1) is 0 Å². The number of rotatable bonds is 8. The first-order valence-electron chi connectivity index (χ1n) is 12.0. The zero-order chi connectivity index (χ0) is 24.9. The number of hydrogen-bond donors (Lipinski definition) is 2. The van der Waals surface area contributed by atoms with Crippen LogP contribution in [0.15, 0.2) is 47.3 Å². The molecule has 0 aliphatic carbocycles. The highest BCUT2D eigenvalue weighted by Crippen LogP contribution is 2.35. The number of pyridine rings is 1. The molecule has 1 aromatic heterocycles. The van der Waals surface area contributed by atoms with Crippen LogP contribution in [0.2, 0.25) is 0 Å². The molecule has 190 valence electrons. The summed E-state index contributed by atoms with van der Waals surface area (Å²) >= 11 is 5.79. The van der Waals surface area contributed by atoms with E-state index < -0.39 is 0 Å². The SMILES string of the molecule is COc1ccc(NC(=S)N(CCCN2CCOCC2)Cc2cc3cc4c(cc3[nH]c2=O)OCO4)cc1. The number of nitrogens with zero attached hydrogens (tertiary/aromatic N) is 2. The molecule has 0 radical (unpaired) electrons. The average molecular weight is 511 g/mol. The van der Waals surface area contributed by atoms with Gasteiger partial charge in [0.25, 0.3) is 5.56 Å². The van der Waals surface area contributed by atoms with E-state index >= 15 is 0 Å². The Balaban J connectivity index is 1.34. The molecule has 10 heteroatoms. The molecule has 2 N–H and O–H groups in total. The summed E-state index contributed by atoms with van der Waals surface area (Å²) in [5.41, 5.74) is 2.06. The van der Waals surface area contributed by atoms with E-state index in [1.807, 2.05) is 41.3 Å². The Kier molecular flexibility index (Phi) is 7.55. The van der Waals surface area contributed by atoms with Gasteiger partial charge in [0.05, 0.1) is 32.4 Å². The monoisotopic (exact) mass is 510 g/mol. The van der Waals surface area contributed by atoms with Crippen LogP contribution in [0.4, 0.5) is 5.69 Å². The summed E-state index contributed by atoms with van der Waals surface area (Å²) in [5, 5.41) is 4.76. The maximum atomic E-state index is 13.0. The van der Waals surface area contributed by atoms with Gasteiger partial charge in [-0.3, -0.25) is 9.69 Å². The summed E-state index contributed by atoms with van der Waals surface area (Å²) in [4.78, 5) is 20.4. The lowest BCUT2D eigenvalue weighted by molar-refractivity contribution is 0.0367. The molecular weight excluding hydrogens is 480 g/mol. The smallest absolute Gasteiger partial charge is 0.253 e. The highest BCUT2D eigenvalue weighted by Gasteiger charge is 2.18. The van der Waals surface area contributed by atoms with Crippen molar-refractivity contribution in [3.05, 3.63) is 58.4 Å². The second-order valence-electron chi connectivity index (χ2n) is 8.80. The van der Waals surface area contributed by atoms with Crippen molar-refractivity contribution in [1.29, 1.82) is 0 Å². The molecule has 1 saturated heterocycles. The number of methoxy groups -OCH3 is 1. The largest absolute Gasteiger partial charge is 0.497 e. The quantitative estimate of drug-likeness (QED) is 0.444. The van der Waals surface area contributed by atoms with E-state index in [4.69, 9.17) is 31.2 Å². The van der Waals surface area contributed by atoms with Crippen LogP contribution in [0.1, 0.15) is 12.0 Å². The lowest BCUT2D eigenvalue weighted by Gasteiger charge is -2.29. The van der Waals surface area contributed by atoms with Gasteiger partial charge in [-0.05, 0) is 55.0 Å². The molecule has 36 heavy (non-hydrogen) atoms. The van der Waals surface area contributed by atoms with E-state index in [1.54, 1.807) is 13.2 Å². The molecule has 0 spiro atoms. The Morgan fingerprint density at radius 3 is 2.64 bits per heavy atom. The van der Waals surface area contributed by atoms with Gasteiger partial charge >= 0.3 is 0 Å². The van der Waals surface area contributed by atoms with E-state index in [0.717, 1.165) is 56.1 Å². The molecule has 0 unspecified atom stereocenters.